The van der Waals surface area contributed by atoms with Gasteiger partial charge in [-0.1, -0.05) is 0 Å². The number of carbonyl (C=O) groups excluding carboxylic acids is 2. The number of amides is 2. The maximum absolute atomic E-state index is 13.6. The van der Waals surface area contributed by atoms with Crippen LogP contribution in [0.5, 0.6) is 0 Å². The summed E-state index contributed by atoms with van der Waals surface area (Å²) in [5, 5.41) is 17.2. The lowest BCUT2D eigenvalue weighted by atomic mass is 9.97. The summed E-state index contributed by atoms with van der Waals surface area (Å²) in [6.45, 7) is 5.08. The number of rotatable bonds is 5. The lowest BCUT2D eigenvalue weighted by molar-refractivity contribution is -0.130. The molecule has 0 radical (unpaired) electrons. The Labute approximate surface area is 201 Å². The predicted octanol–water partition coefficient (Wildman–Crippen LogP) is 3.09. The van der Waals surface area contributed by atoms with E-state index in [0.717, 1.165) is 17.0 Å². The number of hydrogen-bond donors (Lipinski definition) is 4. The van der Waals surface area contributed by atoms with Crippen molar-refractivity contribution in [3.05, 3.63) is 62.7 Å². The minimum atomic E-state index is -1.44. The number of carbonyl (C=O) groups is 2. The Hall–Kier alpha value is -3.24. The largest absolute Gasteiger partial charge is 0.377 e. The molecule has 4 rings (SSSR count). The van der Waals surface area contributed by atoms with Gasteiger partial charge in [0, 0.05) is 35.8 Å². The van der Waals surface area contributed by atoms with E-state index in [1.54, 1.807) is 38.5 Å². The van der Waals surface area contributed by atoms with Gasteiger partial charge < -0.3 is 26.0 Å². The molecule has 0 aliphatic heterocycles. The molecule has 3 aromatic rings. The molecular formula is C24H28FN5O3S. The maximum Gasteiger partial charge on any atom is 0.257 e. The van der Waals surface area contributed by atoms with E-state index in [9.17, 15) is 19.1 Å². The second-order valence-electron chi connectivity index (χ2n) is 8.72. The second kappa shape index (κ2) is 9.19. The lowest BCUT2D eigenvalue weighted by Gasteiger charge is -2.24. The monoisotopic (exact) mass is 485 g/mol. The molecule has 0 bridgehead atoms. The summed E-state index contributed by atoms with van der Waals surface area (Å²) in [7, 11) is 1.71. The average Bonchev–Trinajstić information content (AvgIpc) is 3.25. The smallest absolute Gasteiger partial charge is 0.257 e. The van der Waals surface area contributed by atoms with Crippen LogP contribution in [-0.4, -0.2) is 32.5 Å². The van der Waals surface area contributed by atoms with E-state index in [0.29, 0.717) is 51.7 Å². The summed E-state index contributed by atoms with van der Waals surface area (Å²) >= 11 is 1.42. The number of nitrogens with one attached hydrogen (secondary N) is 2. The molecule has 10 heteroatoms. The van der Waals surface area contributed by atoms with Gasteiger partial charge in [0.2, 0.25) is 0 Å². The molecule has 1 aromatic carbocycles. The van der Waals surface area contributed by atoms with Crippen molar-refractivity contribution in [2.24, 2.45) is 7.05 Å². The van der Waals surface area contributed by atoms with E-state index in [4.69, 9.17) is 5.73 Å². The first kappa shape index (κ1) is 23.9. The Morgan fingerprint density at radius 2 is 2.06 bits per heavy atom. The molecule has 0 fully saturated rings. The number of aryl methyl sites for hydroxylation is 2. The van der Waals surface area contributed by atoms with Crippen molar-refractivity contribution in [1.29, 1.82) is 0 Å². The van der Waals surface area contributed by atoms with E-state index >= 15 is 0 Å². The quantitative estimate of drug-likeness (QED) is 0.442. The van der Waals surface area contributed by atoms with Gasteiger partial charge in [0.25, 0.3) is 11.8 Å². The van der Waals surface area contributed by atoms with Crippen molar-refractivity contribution in [2.75, 3.05) is 11.1 Å². The Morgan fingerprint density at radius 3 is 2.76 bits per heavy atom. The first-order valence-corrected chi connectivity index (χ1v) is 11.8. The van der Waals surface area contributed by atoms with E-state index < -0.39 is 17.9 Å². The highest BCUT2D eigenvalue weighted by Crippen LogP contribution is 2.30. The first-order valence-electron chi connectivity index (χ1n) is 11.0. The molecular weight excluding hydrogens is 457 g/mol. The number of aromatic nitrogens is 2. The molecule has 8 nitrogen and oxygen atoms in total. The molecule has 180 valence electrons. The van der Waals surface area contributed by atoms with Crippen LogP contribution in [0.2, 0.25) is 0 Å². The summed E-state index contributed by atoms with van der Waals surface area (Å²) in [6, 6.07) is 4.21. The third-order valence-electron chi connectivity index (χ3n) is 6.44. The number of aliphatic hydroxyl groups is 1. The Kier molecular flexibility index (Phi) is 6.46. The summed E-state index contributed by atoms with van der Waals surface area (Å²) < 4.78 is 15.2. The fourth-order valence-corrected chi connectivity index (χ4v) is 5.52. The molecule has 5 N–H and O–H groups in total. The Bertz CT molecular complexity index is 1280. The number of aliphatic hydroxyl groups excluding tert-OH is 1. The third kappa shape index (κ3) is 4.43. The van der Waals surface area contributed by atoms with Crippen LogP contribution in [0.4, 0.5) is 15.2 Å². The number of thiazole rings is 1. The highest BCUT2D eigenvalue weighted by atomic mass is 32.1. The zero-order valence-electron chi connectivity index (χ0n) is 19.5. The van der Waals surface area contributed by atoms with Crippen LogP contribution in [0.3, 0.4) is 0 Å². The van der Waals surface area contributed by atoms with Gasteiger partial charge in [-0.25, -0.2) is 9.37 Å². The van der Waals surface area contributed by atoms with Crippen molar-refractivity contribution in [3.8, 4) is 0 Å². The standard InChI is InChI=1S/C24H28FN5O3S/c1-11-9-14(5-7-16(11)25)27-22(32)19-12(2)20(30(4)13(19)3)21(31)23(33)28-15-6-8-17-18(10-15)34-24(26)29-17/h5,7,9,15,21,31H,6,8,10H2,1-4H3,(H2,26,29)(H,27,32)(H,28,33)/t15-,21?/m0/s1. The van der Waals surface area contributed by atoms with Crippen LogP contribution in [0, 0.1) is 26.6 Å². The van der Waals surface area contributed by atoms with Crippen LogP contribution in [0.15, 0.2) is 18.2 Å². The predicted molar refractivity (Wildman–Crippen MR) is 129 cm³/mol. The highest BCUT2D eigenvalue weighted by molar-refractivity contribution is 7.15. The molecule has 1 unspecified atom stereocenters. The van der Waals surface area contributed by atoms with Gasteiger partial charge >= 0.3 is 0 Å². The van der Waals surface area contributed by atoms with Crippen LogP contribution in [0.1, 0.15) is 56.0 Å². The highest BCUT2D eigenvalue weighted by Gasteiger charge is 2.31. The van der Waals surface area contributed by atoms with Gasteiger partial charge in [0.15, 0.2) is 11.2 Å². The molecule has 2 aromatic heterocycles. The van der Waals surface area contributed by atoms with E-state index in [1.165, 1.54) is 23.5 Å². The molecule has 2 amide bonds. The SMILES string of the molecule is Cc1cc(NC(=O)c2c(C)c(C(O)C(=O)N[C@H]3CCc4nc(N)sc4C3)n(C)c2C)ccc1F. The zero-order chi connectivity index (χ0) is 24.7. The van der Waals surface area contributed by atoms with Gasteiger partial charge in [0.1, 0.15) is 5.82 Å². The van der Waals surface area contributed by atoms with Crippen LogP contribution in [0.25, 0.3) is 0 Å². The summed E-state index contributed by atoms with van der Waals surface area (Å²) in [5.74, 6) is -1.26. The van der Waals surface area contributed by atoms with Gasteiger partial charge in [0.05, 0.1) is 17.0 Å². The van der Waals surface area contributed by atoms with E-state index in [1.807, 2.05) is 0 Å². The minimum Gasteiger partial charge on any atom is -0.377 e. The molecule has 34 heavy (non-hydrogen) atoms. The minimum absolute atomic E-state index is 0.124. The topological polar surface area (TPSA) is 122 Å². The summed E-state index contributed by atoms with van der Waals surface area (Å²) in [5.41, 5.74) is 9.51. The number of halogens is 1. The molecule has 0 saturated carbocycles. The van der Waals surface area contributed by atoms with E-state index in [-0.39, 0.29) is 11.9 Å². The number of fused-ring (bicyclic) bond motifs is 1. The lowest BCUT2D eigenvalue weighted by Crippen LogP contribution is -2.41. The second-order valence-corrected chi connectivity index (χ2v) is 9.84. The Morgan fingerprint density at radius 1 is 1.32 bits per heavy atom. The van der Waals surface area contributed by atoms with Crippen LogP contribution >= 0.6 is 11.3 Å². The molecule has 1 aliphatic carbocycles. The van der Waals surface area contributed by atoms with Crippen LogP contribution < -0.4 is 16.4 Å². The summed E-state index contributed by atoms with van der Waals surface area (Å²) in [4.78, 5) is 31.3. The van der Waals surface area contributed by atoms with Crippen molar-refractivity contribution in [3.63, 3.8) is 0 Å². The molecule has 0 saturated heterocycles. The molecule has 1 aliphatic rings. The number of anilines is 2. The summed E-state index contributed by atoms with van der Waals surface area (Å²) in [6.07, 6.45) is 0.619. The number of nitrogen functional groups attached to an aromatic ring is 1. The van der Waals surface area contributed by atoms with Crippen LogP contribution in [-0.2, 0) is 24.7 Å². The molecule has 2 atom stereocenters. The third-order valence-corrected chi connectivity index (χ3v) is 7.39. The fourth-order valence-electron chi connectivity index (χ4n) is 4.56. The van der Waals surface area contributed by atoms with Gasteiger partial charge in [-0.05, 0) is 62.9 Å². The van der Waals surface area contributed by atoms with Gasteiger partial charge in [-0.15, -0.1) is 11.3 Å². The molecule has 2 heterocycles. The number of benzene rings is 1. The normalized spacial score (nSPS) is 16.1. The first-order chi connectivity index (χ1) is 16.1. The average molecular weight is 486 g/mol. The molecule has 0 spiro atoms. The number of nitrogens with two attached hydrogens (primary N) is 1. The van der Waals surface area contributed by atoms with Gasteiger partial charge in [-0.3, -0.25) is 9.59 Å². The Balaban J connectivity index is 1.51. The van der Waals surface area contributed by atoms with Crippen molar-refractivity contribution >= 4 is 34.0 Å². The van der Waals surface area contributed by atoms with Crippen molar-refractivity contribution in [1.82, 2.24) is 14.9 Å². The van der Waals surface area contributed by atoms with E-state index in [2.05, 4.69) is 15.6 Å². The maximum atomic E-state index is 13.6. The van der Waals surface area contributed by atoms with Gasteiger partial charge in [-0.2, -0.15) is 0 Å². The number of nitrogens with zero attached hydrogens (tertiary/aromatic N) is 2. The van der Waals surface area contributed by atoms with Crippen molar-refractivity contribution in [2.45, 2.75) is 52.2 Å². The van der Waals surface area contributed by atoms with Crippen molar-refractivity contribution < 1.29 is 19.1 Å². The zero-order valence-corrected chi connectivity index (χ0v) is 20.3. The fraction of sp³-hybridized carbons (Fsp3) is 0.375. The number of hydrogen-bond acceptors (Lipinski definition) is 6.